The number of hydrogen-bond donors (Lipinski definition) is 0. The SMILES string of the molecule is CC(C)(C)c1ccc2c(c1)[cH-]c1cc(C(C)(C)C)ccc12.CC1=[C-]C(C)C(C)=C1C.[Cl-].[Cl-].[Zr+2]=[C](c1ccccc1)c1ccccc1. The van der Waals surface area contributed by atoms with Gasteiger partial charge in [0.2, 0.25) is 0 Å². The molecule has 0 nitrogen and oxygen atoms in total. The fourth-order valence-electron chi connectivity index (χ4n) is 5.49. The van der Waals surface area contributed by atoms with Gasteiger partial charge in [-0.2, -0.15) is 11.1 Å². The molecule has 0 saturated carbocycles. The molecule has 0 heterocycles. The third kappa shape index (κ3) is 9.79. The minimum atomic E-state index is 0. The Kier molecular flexibility index (Phi) is 14.3. The summed E-state index contributed by atoms with van der Waals surface area (Å²) in [4.78, 5) is 0. The molecule has 6 rings (SSSR count). The molecular weight excluding hydrogens is 679 g/mol. The molecule has 0 aromatic heterocycles. The average Bonchev–Trinajstić information content (AvgIpc) is 3.48. The summed E-state index contributed by atoms with van der Waals surface area (Å²) in [6.07, 6.45) is 3.36. The topological polar surface area (TPSA) is 0 Å². The summed E-state index contributed by atoms with van der Waals surface area (Å²) in [5.41, 5.74) is 10.1. The Morgan fingerprint density at radius 3 is 1.30 bits per heavy atom. The molecule has 0 N–H and O–H groups in total. The Labute approximate surface area is 305 Å². The van der Waals surface area contributed by atoms with E-state index in [9.17, 15) is 0 Å². The van der Waals surface area contributed by atoms with Gasteiger partial charge in [0, 0.05) is 0 Å². The first kappa shape index (κ1) is 39.7. The molecule has 46 heavy (non-hydrogen) atoms. The van der Waals surface area contributed by atoms with Crippen LogP contribution in [0.3, 0.4) is 0 Å². The van der Waals surface area contributed by atoms with Crippen molar-refractivity contribution in [3.8, 4) is 0 Å². The monoisotopic (exact) mass is 724 g/mol. The predicted molar refractivity (Wildman–Crippen MR) is 191 cm³/mol. The molecule has 0 spiro atoms. The van der Waals surface area contributed by atoms with Crippen molar-refractivity contribution in [2.75, 3.05) is 0 Å². The van der Waals surface area contributed by atoms with E-state index in [0.29, 0.717) is 5.92 Å². The molecule has 0 bridgehead atoms. The quantitative estimate of drug-likeness (QED) is 0.201. The van der Waals surface area contributed by atoms with Gasteiger partial charge in [-0.3, -0.25) is 6.08 Å². The fourth-order valence-corrected chi connectivity index (χ4v) is 6.31. The molecular formula is C43H48Cl2Zr-2. The Morgan fingerprint density at radius 1 is 0.630 bits per heavy atom. The van der Waals surface area contributed by atoms with Crippen LogP contribution in [0.2, 0.25) is 0 Å². The maximum atomic E-state index is 3.36. The number of benzene rings is 4. The van der Waals surface area contributed by atoms with Crippen LogP contribution in [0.25, 0.3) is 21.5 Å². The van der Waals surface area contributed by atoms with Crippen LogP contribution in [0, 0.1) is 12.0 Å². The number of rotatable bonds is 2. The molecule has 0 saturated heterocycles. The number of allylic oxidation sites excluding steroid dienone is 4. The van der Waals surface area contributed by atoms with Crippen molar-refractivity contribution in [1.82, 2.24) is 0 Å². The van der Waals surface area contributed by atoms with E-state index >= 15 is 0 Å². The van der Waals surface area contributed by atoms with Crippen molar-refractivity contribution in [3.05, 3.63) is 148 Å². The zero-order chi connectivity index (χ0) is 32.2. The van der Waals surface area contributed by atoms with Gasteiger partial charge in [0.15, 0.2) is 0 Å². The van der Waals surface area contributed by atoms with Crippen molar-refractivity contribution >= 4 is 24.8 Å². The molecule has 0 fully saturated rings. The molecule has 5 aromatic rings. The Bertz CT molecular complexity index is 1700. The third-order valence-corrected chi connectivity index (χ3v) is 10.2. The standard InChI is InChI=1S/C21H25.C13H10.C9H13.2ClH.Zr/c1-20(2,3)16-7-9-18-14(12-16)11-15-13-17(21(4,5)6)8-10-19(15)18;1-3-7-12(8-4-1)11-13-9-5-2-6-10-13;1-6-5-7(2)9(4)8(6)3;;;/h7-13H,1-6H3;1-10H;6H,1-4H3;2*1H;/q-1;;-1;;;+2/p-2. The number of halogens is 2. The van der Waals surface area contributed by atoms with Gasteiger partial charge in [0.1, 0.15) is 0 Å². The Balaban J connectivity index is 0.000000256. The number of hydrogen-bond acceptors (Lipinski definition) is 0. The minimum absolute atomic E-state index is 0. The van der Waals surface area contributed by atoms with E-state index in [1.165, 1.54) is 88.0 Å². The first-order valence-electron chi connectivity index (χ1n) is 15.8. The third-order valence-electron chi connectivity index (χ3n) is 8.80. The van der Waals surface area contributed by atoms with E-state index in [-0.39, 0.29) is 35.6 Å². The summed E-state index contributed by atoms with van der Waals surface area (Å²) in [6.45, 7) is 22.3. The second-order valence-corrected chi connectivity index (χ2v) is 15.4. The van der Waals surface area contributed by atoms with E-state index in [2.05, 4.69) is 178 Å². The summed E-state index contributed by atoms with van der Waals surface area (Å²) in [5, 5.41) is 5.48. The molecule has 1 aliphatic carbocycles. The van der Waals surface area contributed by atoms with Gasteiger partial charge in [-0.1, -0.05) is 104 Å². The van der Waals surface area contributed by atoms with Crippen molar-refractivity contribution in [3.63, 3.8) is 0 Å². The molecule has 0 aliphatic heterocycles. The van der Waals surface area contributed by atoms with Gasteiger partial charge in [-0.05, 0) is 10.8 Å². The van der Waals surface area contributed by atoms with Crippen LogP contribution < -0.4 is 24.8 Å². The van der Waals surface area contributed by atoms with Crippen LogP contribution >= 0.6 is 0 Å². The maximum absolute atomic E-state index is 3.36. The van der Waals surface area contributed by atoms with Crippen LogP contribution in [0.15, 0.2) is 120 Å². The second kappa shape index (κ2) is 16.6. The summed E-state index contributed by atoms with van der Waals surface area (Å²) < 4.78 is 1.42. The van der Waals surface area contributed by atoms with Crippen LogP contribution in [0.4, 0.5) is 0 Å². The van der Waals surface area contributed by atoms with Gasteiger partial charge < -0.3 is 24.8 Å². The van der Waals surface area contributed by atoms with Crippen LogP contribution in [0.5, 0.6) is 0 Å². The Hall–Kier alpha value is -2.44. The molecule has 1 unspecified atom stereocenters. The molecule has 0 radical (unpaired) electrons. The van der Waals surface area contributed by atoms with Gasteiger partial charge in [-0.25, -0.2) is 5.57 Å². The van der Waals surface area contributed by atoms with Crippen LogP contribution in [0.1, 0.15) is 91.5 Å². The fraction of sp³-hybridized carbons (Fsp3) is 0.302. The van der Waals surface area contributed by atoms with E-state index < -0.39 is 0 Å². The van der Waals surface area contributed by atoms with Crippen molar-refractivity contribution in [2.45, 2.75) is 80.1 Å². The first-order chi connectivity index (χ1) is 20.7. The predicted octanol–water partition coefficient (Wildman–Crippen LogP) is 5.84. The van der Waals surface area contributed by atoms with E-state index in [4.69, 9.17) is 0 Å². The second-order valence-electron chi connectivity index (χ2n) is 14.2. The molecule has 1 aliphatic rings. The Morgan fingerprint density at radius 2 is 1.02 bits per heavy atom. The van der Waals surface area contributed by atoms with Crippen molar-refractivity contribution in [2.24, 2.45) is 5.92 Å². The molecule has 3 heteroatoms. The normalized spacial score (nSPS) is 14.3. The van der Waals surface area contributed by atoms with E-state index in [0.717, 1.165) is 0 Å². The number of fused-ring (bicyclic) bond motifs is 3. The van der Waals surface area contributed by atoms with Crippen molar-refractivity contribution in [1.29, 1.82) is 0 Å². The zero-order valence-corrected chi connectivity index (χ0v) is 33.1. The van der Waals surface area contributed by atoms with Gasteiger partial charge in [-0.15, -0.1) is 46.7 Å². The molecule has 5 aromatic carbocycles. The summed E-state index contributed by atoms with van der Waals surface area (Å²) in [7, 11) is 0. The zero-order valence-electron chi connectivity index (χ0n) is 29.1. The molecule has 0 amide bonds. The first-order valence-corrected chi connectivity index (χ1v) is 17.0. The van der Waals surface area contributed by atoms with Gasteiger partial charge >= 0.3 is 99.2 Å². The van der Waals surface area contributed by atoms with E-state index in [1.807, 2.05) is 0 Å². The van der Waals surface area contributed by atoms with Crippen LogP contribution in [-0.2, 0) is 35.1 Å². The van der Waals surface area contributed by atoms with E-state index in [1.54, 1.807) is 0 Å². The molecule has 1 atom stereocenters. The van der Waals surface area contributed by atoms with Crippen molar-refractivity contribution < 1.29 is 49.0 Å². The summed E-state index contributed by atoms with van der Waals surface area (Å²) in [5.74, 6) is 0.560. The average molecular weight is 727 g/mol. The summed E-state index contributed by atoms with van der Waals surface area (Å²) >= 11 is 1.46. The van der Waals surface area contributed by atoms with Gasteiger partial charge in [0.25, 0.3) is 0 Å². The molecule has 240 valence electrons. The van der Waals surface area contributed by atoms with Crippen LogP contribution in [-0.4, -0.2) is 3.21 Å². The summed E-state index contributed by atoms with van der Waals surface area (Å²) in [6, 6.07) is 37.3. The van der Waals surface area contributed by atoms with Gasteiger partial charge in [0.05, 0.1) is 0 Å².